The molecule has 1 N–H and O–H groups in total. The largest absolute Gasteiger partial charge is 0.495 e. The van der Waals surface area contributed by atoms with E-state index in [0.717, 1.165) is 17.8 Å². The Balaban J connectivity index is 1.90. The minimum absolute atomic E-state index is 0.0560. The van der Waals surface area contributed by atoms with Crippen molar-refractivity contribution in [1.82, 2.24) is 9.29 Å². The molecule has 0 saturated carbocycles. The molecule has 3 rings (SSSR count). The number of aromatic nitrogens is 1. The number of hydrogen-bond acceptors (Lipinski definition) is 8. The number of piperidine rings is 1. The molecule has 1 amide bonds. The van der Waals surface area contributed by atoms with Gasteiger partial charge in [-0.3, -0.25) is 10.1 Å². The van der Waals surface area contributed by atoms with Crippen LogP contribution < -0.4 is 10.1 Å². The maximum Gasteiger partial charge on any atom is 0.350 e. The van der Waals surface area contributed by atoms with Crippen LogP contribution in [0.3, 0.4) is 0 Å². The lowest BCUT2D eigenvalue weighted by molar-refractivity contribution is 0.0605. The van der Waals surface area contributed by atoms with Crippen molar-refractivity contribution in [1.29, 1.82) is 0 Å². The first-order chi connectivity index (χ1) is 15.1. The van der Waals surface area contributed by atoms with Crippen LogP contribution in [0.1, 0.15) is 46.0 Å². The molecule has 2 heterocycles. The lowest BCUT2D eigenvalue weighted by atomic mass is 9.94. The number of nitrogens with one attached hydrogen (secondary N) is 1. The van der Waals surface area contributed by atoms with Crippen molar-refractivity contribution in [2.75, 3.05) is 32.6 Å². The Hall–Kier alpha value is -2.50. The summed E-state index contributed by atoms with van der Waals surface area (Å²) in [5, 5.41) is 2.83. The summed E-state index contributed by atoms with van der Waals surface area (Å²) in [6.45, 7) is 6.52. The van der Waals surface area contributed by atoms with Crippen LogP contribution in [-0.2, 0) is 14.8 Å². The minimum atomic E-state index is -3.86. The van der Waals surface area contributed by atoms with Gasteiger partial charge in [-0.15, -0.1) is 0 Å². The van der Waals surface area contributed by atoms with Gasteiger partial charge in [0.05, 0.1) is 19.9 Å². The molecule has 1 aromatic heterocycles. The van der Waals surface area contributed by atoms with Gasteiger partial charge in [0.15, 0.2) is 5.13 Å². The van der Waals surface area contributed by atoms with Crippen LogP contribution in [0.2, 0.25) is 0 Å². The fourth-order valence-corrected chi connectivity index (χ4v) is 6.60. The van der Waals surface area contributed by atoms with E-state index in [2.05, 4.69) is 10.3 Å². The number of benzene rings is 1. The number of ether oxygens (including phenoxy) is 2. The van der Waals surface area contributed by atoms with E-state index in [9.17, 15) is 18.0 Å². The minimum Gasteiger partial charge on any atom is -0.495 e. The molecule has 1 aliphatic rings. The Bertz CT molecular complexity index is 1120. The highest BCUT2D eigenvalue weighted by Crippen LogP contribution is 2.32. The highest BCUT2D eigenvalue weighted by molar-refractivity contribution is 7.89. The van der Waals surface area contributed by atoms with E-state index in [0.29, 0.717) is 18.8 Å². The molecule has 174 valence electrons. The number of rotatable bonds is 6. The molecule has 1 aromatic carbocycles. The number of esters is 1. The molecule has 1 fully saturated rings. The van der Waals surface area contributed by atoms with Crippen LogP contribution in [0.15, 0.2) is 23.1 Å². The number of methoxy groups -OCH3 is 2. The molecule has 0 radical (unpaired) electrons. The van der Waals surface area contributed by atoms with Crippen molar-refractivity contribution in [3.8, 4) is 5.75 Å². The lowest BCUT2D eigenvalue weighted by Crippen LogP contribution is -2.42. The number of carbonyl (C=O) groups is 2. The van der Waals surface area contributed by atoms with Gasteiger partial charge in [0.1, 0.15) is 15.5 Å². The third kappa shape index (κ3) is 4.94. The lowest BCUT2D eigenvalue weighted by Gasteiger charge is -2.34. The third-order valence-corrected chi connectivity index (χ3v) is 8.17. The number of thiazole rings is 1. The second-order valence-electron chi connectivity index (χ2n) is 8.01. The summed E-state index contributed by atoms with van der Waals surface area (Å²) >= 11 is 0.987. The van der Waals surface area contributed by atoms with E-state index >= 15 is 0 Å². The first kappa shape index (κ1) is 24.1. The van der Waals surface area contributed by atoms with Crippen LogP contribution in [0.5, 0.6) is 5.75 Å². The third-order valence-electron chi connectivity index (χ3n) is 5.27. The second-order valence-corrected chi connectivity index (χ2v) is 10.9. The van der Waals surface area contributed by atoms with E-state index in [1.807, 2.05) is 13.8 Å². The van der Waals surface area contributed by atoms with Crippen molar-refractivity contribution in [2.45, 2.75) is 32.1 Å². The van der Waals surface area contributed by atoms with Crippen LogP contribution in [0.25, 0.3) is 0 Å². The van der Waals surface area contributed by atoms with Crippen molar-refractivity contribution in [3.63, 3.8) is 0 Å². The fourth-order valence-electron chi connectivity index (χ4n) is 3.86. The number of hydrogen-bond donors (Lipinski definition) is 1. The zero-order chi connectivity index (χ0) is 23.6. The number of amides is 1. The quantitative estimate of drug-likeness (QED) is 0.630. The van der Waals surface area contributed by atoms with Crippen molar-refractivity contribution in [3.05, 3.63) is 34.3 Å². The molecular formula is C21H27N3O6S2. The van der Waals surface area contributed by atoms with E-state index in [1.54, 1.807) is 6.92 Å². The van der Waals surface area contributed by atoms with E-state index in [-0.39, 0.29) is 38.1 Å². The van der Waals surface area contributed by atoms with Crippen LogP contribution in [-0.4, -0.2) is 56.9 Å². The molecule has 0 aliphatic carbocycles. The predicted octanol–water partition coefficient (Wildman–Crippen LogP) is 3.17. The molecule has 2 unspecified atom stereocenters. The summed E-state index contributed by atoms with van der Waals surface area (Å²) in [6.07, 6.45) is 0.965. The van der Waals surface area contributed by atoms with Gasteiger partial charge in [-0.1, -0.05) is 25.2 Å². The van der Waals surface area contributed by atoms with Gasteiger partial charge in [0.2, 0.25) is 10.0 Å². The van der Waals surface area contributed by atoms with E-state index in [4.69, 9.17) is 9.47 Å². The van der Waals surface area contributed by atoms with Gasteiger partial charge in [-0.05, 0) is 43.4 Å². The summed E-state index contributed by atoms with van der Waals surface area (Å²) in [5.41, 5.74) is 0.568. The van der Waals surface area contributed by atoms with Gasteiger partial charge < -0.3 is 9.47 Å². The number of anilines is 1. The average Bonchev–Trinajstić information content (AvgIpc) is 3.11. The number of nitrogens with zero attached hydrogens (tertiary/aromatic N) is 2. The summed E-state index contributed by atoms with van der Waals surface area (Å²) < 4.78 is 38.2. The van der Waals surface area contributed by atoms with E-state index in [1.165, 1.54) is 36.7 Å². The molecule has 1 saturated heterocycles. The molecule has 1 aliphatic heterocycles. The summed E-state index contributed by atoms with van der Waals surface area (Å²) in [6, 6.07) is 4.26. The smallest absolute Gasteiger partial charge is 0.350 e. The first-order valence-corrected chi connectivity index (χ1v) is 12.4. The zero-order valence-electron chi connectivity index (χ0n) is 18.7. The molecular weight excluding hydrogens is 454 g/mol. The molecule has 0 bridgehead atoms. The molecule has 2 atom stereocenters. The van der Waals surface area contributed by atoms with Crippen molar-refractivity contribution in [2.24, 2.45) is 11.8 Å². The maximum absolute atomic E-state index is 13.4. The monoisotopic (exact) mass is 481 g/mol. The maximum atomic E-state index is 13.4. The van der Waals surface area contributed by atoms with Gasteiger partial charge in [-0.2, -0.15) is 4.31 Å². The standard InChI is InChI=1S/C21H27N3O6S2/c1-12-8-13(2)11-24(10-12)32(27,28)17-9-15(6-7-16(17)29-4)19(25)23-21-22-14(3)18(31-21)20(26)30-5/h6-7,9,12-13H,8,10-11H2,1-5H3,(H,22,23,25). The normalized spacial score (nSPS) is 19.4. The molecule has 9 nitrogen and oxygen atoms in total. The van der Waals surface area contributed by atoms with Gasteiger partial charge in [0, 0.05) is 18.7 Å². The first-order valence-electron chi connectivity index (χ1n) is 10.1. The van der Waals surface area contributed by atoms with Crippen molar-refractivity contribution < 1.29 is 27.5 Å². The average molecular weight is 482 g/mol. The number of aryl methyl sites for hydroxylation is 1. The second kappa shape index (κ2) is 9.55. The molecule has 11 heteroatoms. The Morgan fingerprint density at radius 3 is 2.44 bits per heavy atom. The van der Waals surface area contributed by atoms with Crippen LogP contribution >= 0.6 is 11.3 Å². The number of sulfonamides is 1. The Labute approximate surface area is 191 Å². The fraction of sp³-hybridized carbons (Fsp3) is 0.476. The van der Waals surface area contributed by atoms with Gasteiger partial charge in [-0.25, -0.2) is 18.2 Å². The summed E-state index contributed by atoms with van der Waals surface area (Å²) in [7, 11) is -1.20. The topological polar surface area (TPSA) is 115 Å². The Kier molecular flexibility index (Phi) is 7.21. The summed E-state index contributed by atoms with van der Waals surface area (Å²) in [5.74, 6) is -0.435. The van der Waals surface area contributed by atoms with Gasteiger partial charge >= 0.3 is 5.97 Å². The SMILES string of the molecule is COC(=O)c1sc(NC(=O)c2ccc(OC)c(S(=O)(=O)N3CC(C)CC(C)C3)c2)nc1C. The number of carbonyl (C=O) groups excluding carboxylic acids is 2. The zero-order valence-corrected chi connectivity index (χ0v) is 20.3. The Morgan fingerprint density at radius 2 is 1.84 bits per heavy atom. The molecule has 32 heavy (non-hydrogen) atoms. The van der Waals surface area contributed by atoms with Crippen LogP contribution in [0, 0.1) is 18.8 Å². The van der Waals surface area contributed by atoms with Crippen molar-refractivity contribution >= 4 is 38.4 Å². The summed E-state index contributed by atoms with van der Waals surface area (Å²) in [4.78, 5) is 29.0. The molecule has 2 aromatic rings. The van der Waals surface area contributed by atoms with Crippen LogP contribution in [0.4, 0.5) is 5.13 Å². The van der Waals surface area contributed by atoms with Gasteiger partial charge in [0.25, 0.3) is 5.91 Å². The molecule has 0 spiro atoms. The highest BCUT2D eigenvalue weighted by atomic mass is 32.2. The predicted molar refractivity (Wildman–Crippen MR) is 121 cm³/mol. The highest BCUT2D eigenvalue weighted by Gasteiger charge is 2.34. The van der Waals surface area contributed by atoms with E-state index < -0.39 is 21.9 Å². The Morgan fingerprint density at radius 1 is 1.19 bits per heavy atom.